The van der Waals surface area contributed by atoms with Gasteiger partial charge in [0.1, 0.15) is 5.75 Å². The maximum absolute atomic E-state index is 12.8. The molecule has 5 nitrogen and oxygen atoms in total. The maximum atomic E-state index is 12.8. The number of carbonyl (C=O) groups excluding carboxylic acids is 1. The first-order valence-electron chi connectivity index (χ1n) is 8.43. The van der Waals surface area contributed by atoms with Crippen LogP contribution < -0.4 is 10.1 Å². The summed E-state index contributed by atoms with van der Waals surface area (Å²) in [6.45, 7) is 0. The van der Waals surface area contributed by atoms with E-state index in [4.69, 9.17) is 9.84 Å². The van der Waals surface area contributed by atoms with Gasteiger partial charge in [-0.15, -0.1) is 0 Å². The summed E-state index contributed by atoms with van der Waals surface area (Å²) in [5.41, 5.74) is 0.761. The average molecular weight is 339 g/mol. The lowest BCUT2D eigenvalue weighted by Gasteiger charge is -2.21. The zero-order valence-corrected chi connectivity index (χ0v) is 13.8. The largest absolute Gasteiger partial charge is 0.481 e. The fourth-order valence-electron chi connectivity index (χ4n) is 3.15. The third kappa shape index (κ3) is 4.38. The van der Waals surface area contributed by atoms with Crippen molar-refractivity contribution in [3.63, 3.8) is 0 Å². The number of carbonyl (C=O) groups is 2. The molecule has 25 heavy (non-hydrogen) atoms. The van der Waals surface area contributed by atoms with Crippen LogP contribution in [0.3, 0.4) is 0 Å². The molecule has 0 radical (unpaired) electrons. The topological polar surface area (TPSA) is 75.6 Å². The minimum atomic E-state index is -0.795. The fraction of sp³-hybridized carbons (Fsp3) is 0.300. The monoisotopic (exact) mass is 339 g/mol. The molecule has 1 aliphatic carbocycles. The molecule has 5 heteroatoms. The van der Waals surface area contributed by atoms with E-state index < -0.39 is 12.1 Å². The minimum Gasteiger partial charge on any atom is -0.481 e. The zero-order valence-electron chi connectivity index (χ0n) is 13.8. The van der Waals surface area contributed by atoms with Crippen LogP contribution in [0.25, 0.3) is 0 Å². The van der Waals surface area contributed by atoms with Crippen molar-refractivity contribution in [2.45, 2.75) is 31.4 Å². The number of ether oxygens (including phenoxy) is 1. The molecule has 1 unspecified atom stereocenters. The average Bonchev–Trinajstić information content (AvgIpc) is 3.10. The van der Waals surface area contributed by atoms with E-state index in [0.29, 0.717) is 25.0 Å². The summed E-state index contributed by atoms with van der Waals surface area (Å²) < 4.78 is 5.92. The minimum absolute atomic E-state index is 0.126. The van der Waals surface area contributed by atoms with Gasteiger partial charge in [-0.1, -0.05) is 48.5 Å². The molecule has 2 aromatic carbocycles. The number of carboxylic acids is 1. The highest BCUT2D eigenvalue weighted by molar-refractivity contribution is 5.83. The van der Waals surface area contributed by atoms with Crippen LogP contribution in [-0.4, -0.2) is 23.0 Å². The van der Waals surface area contributed by atoms with Crippen molar-refractivity contribution in [1.82, 2.24) is 5.32 Å². The Morgan fingerprint density at radius 3 is 2.24 bits per heavy atom. The van der Waals surface area contributed by atoms with Crippen molar-refractivity contribution in [3.05, 3.63) is 66.2 Å². The van der Waals surface area contributed by atoms with E-state index in [9.17, 15) is 9.59 Å². The Bertz CT molecular complexity index is 717. The highest BCUT2D eigenvalue weighted by Crippen LogP contribution is 2.27. The van der Waals surface area contributed by atoms with Gasteiger partial charge in [0, 0.05) is 11.6 Å². The molecule has 1 amide bonds. The number of nitrogens with one attached hydrogen (secondary N) is 1. The summed E-state index contributed by atoms with van der Waals surface area (Å²) in [5, 5.41) is 12.1. The smallest absolute Gasteiger partial charge is 0.306 e. The van der Waals surface area contributed by atoms with Crippen molar-refractivity contribution in [3.8, 4) is 5.75 Å². The molecule has 1 saturated carbocycles. The third-order valence-corrected chi connectivity index (χ3v) is 4.47. The predicted molar refractivity (Wildman–Crippen MR) is 93.2 cm³/mol. The fourth-order valence-corrected chi connectivity index (χ4v) is 3.15. The Hall–Kier alpha value is -2.82. The van der Waals surface area contributed by atoms with E-state index in [1.165, 1.54) is 0 Å². The summed E-state index contributed by atoms with van der Waals surface area (Å²) >= 11 is 0. The third-order valence-electron chi connectivity index (χ3n) is 4.47. The number of hydrogen-bond donors (Lipinski definition) is 2. The molecule has 1 fully saturated rings. The van der Waals surface area contributed by atoms with E-state index in [0.717, 1.165) is 5.56 Å². The van der Waals surface area contributed by atoms with E-state index >= 15 is 0 Å². The van der Waals surface area contributed by atoms with Crippen LogP contribution in [0.5, 0.6) is 5.75 Å². The Kier molecular flexibility index (Phi) is 5.33. The van der Waals surface area contributed by atoms with Crippen LogP contribution in [0.1, 0.15) is 30.9 Å². The second-order valence-electron chi connectivity index (χ2n) is 6.28. The van der Waals surface area contributed by atoms with Gasteiger partial charge < -0.3 is 15.2 Å². The molecule has 0 aliphatic heterocycles. The molecule has 2 aromatic rings. The first-order chi connectivity index (χ1) is 12.1. The molecule has 0 heterocycles. The predicted octanol–water partition coefficient (Wildman–Crippen LogP) is 3.18. The number of para-hydroxylation sites is 1. The van der Waals surface area contributed by atoms with Crippen molar-refractivity contribution < 1.29 is 19.4 Å². The van der Waals surface area contributed by atoms with Crippen LogP contribution in [-0.2, 0) is 9.59 Å². The van der Waals surface area contributed by atoms with Gasteiger partial charge >= 0.3 is 5.97 Å². The molecule has 3 rings (SSSR count). The van der Waals surface area contributed by atoms with Crippen LogP contribution in [0.4, 0.5) is 0 Å². The van der Waals surface area contributed by atoms with Crippen LogP contribution >= 0.6 is 0 Å². The van der Waals surface area contributed by atoms with Crippen LogP contribution in [0, 0.1) is 5.92 Å². The standard InChI is InChI=1S/C20H21NO4/c22-19(21-16-12-11-15(13-16)20(23)24)18(14-7-3-1-4-8-14)25-17-9-5-2-6-10-17/h1-10,15-16,18H,11-13H2,(H,21,22)(H,23,24)/t15-,16+,18?/m1/s1. The number of aliphatic carboxylic acids is 1. The molecule has 0 saturated heterocycles. The zero-order chi connectivity index (χ0) is 17.6. The molecular formula is C20H21NO4. The Morgan fingerprint density at radius 1 is 1.00 bits per heavy atom. The molecule has 1 aliphatic rings. The molecule has 0 bridgehead atoms. The molecule has 130 valence electrons. The van der Waals surface area contributed by atoms with Gasteiger partial charge in [-0.3, -0.25) is 9.59 Å². The second-order valence-corrected chi connectivity index (χ2v) is 6.28. The summed E-state index contributed by atoms with van der Waals surface area (Å²) in [7, 11) is 0. The summed E-state index contributed by atoms with van der Waals surface area (Å²) in [5.74, 6) is -0.806. The Morgan fingerprint density at radius 2 is 1.64 bits per heavy atom. The van der Waals surface area contributed by atoms with Gasteiger partial charge in [0.05, 0.1) is 5.92 Å². The molecular weight excluding hydrogens is 318 g/mol. The highest BCUT2D eigenvalue weighted by atomic mass is 16.5. The summed E-state index contributed by atoms with van der Waals surface area (Å²) in [6.07, 6.45) is 0.965. The lowest BCUT2D eigenvalue weighted by Crippen LogP contribution is -2.38. The van der Waals surface area contributed by atoms with Crippen molar-refractivity contribution in [1.29, 1.82) is 0 Å². The molecule has 0 spiro atoms. The van der Waals surface area contributed by atoms with Gasteiger partial charge in [0.2, 0.25) is 6.10 Å². The van der Waals surface area contributed by atoms with Gasteiger partial charge in [-0.2, -0.15) is 0 Å². The van der Waals surface area contributed by atoms with Crippen molar-refractivity contribution in [2.75, 3.05) is 0 Å². The summed E-state index contributed by atoms with van der Waals surface area (Å²) in [6, 6.07) is 18.4. The first-order valence-corrected chi connectivity index (χ1v) is 8.43. The van der Waals surface area contributed by atoms with Crippen LogP contribution in [0.2, 0.25) is 0 Å². The normalized spacial score (nSPS) is 20.6. The quantitative estimate of drug-likeness (QED) is 0.847. The van der Waals surface area contributed by atoms with E-state index in [1.807, 2.05) is 48.5 Å². The number of rotatable bonds is 6. The number of hydrogen-bond acceptors (Lipinski definition) is 3. The molecule has 3 atom stereocenters. The van der Waals surface area contributed by atoms with Gasteiger partial charge in [-0.25, -0.2) is 0 Å². The molecule has 0 aromatic heterocycles. The highest BCUT2D eigenvalue weighted by Gasteiger charge is 2.32. The van der Waals surface area contributed by atoms with Gasteiger partial charge in [0.25, 0.3) is 5.91 Å². The first kappa shape index (κ1) is 17.0. The second kappa shape index (κ2) is 7.83. The lowest BCUT2D eigenvalue weighted by molar-refractivity contribution is -0.141. The van der Waals surface area contributed by atoms with Gasteiger partial charge in [-0.05, 0) is 31.4 Å². The number of amides is 1. The SMILES string of the molecule is O=C(N[C@H]1CC[C@@H](C(=O)O)C1)C(Oc1ccccc1)c1ccccc1. The van der Waals surface area contributed by atoms with Gasteiger partial charge in [0.15, 0.2) is 0 Å². The number of carboxylic acid groups (broad SMARTS) is 1. The Labute approximate surface area is 146 Å². The Balaban J connectivity index is 1.73. The maximum Gasteiger partial charge on any atom is 0.306 e. The number of benzene rings is 2. The lowest BCUT2D eigenvalue weighted by atomic mass is 10.1. The summed E-state index contributed by atoms with van der Waals surface area (Å²) in [4.78, 5) is 23.9. The van der Waals surface area contributed by atoms with E-state index in [2.05, 4.69) is 5.32 Å². The van der Waals surface area contributed by atoms with Crippen molar-refractivity contribution in [2.24, 2.45) is 5.92 Å². The van der Waals surface area contributed by atoms with Crippen molar-refractivity contribution >= 4 is 11.9 Å². The van der Waals surface area contributed by atoms with Crippen LogP contribution in [0.15, 0.2) is 60.7 Å². The molecule has 2 N–H and O–H groups in total. The van der Waals surface area contributed by atoms with E-state index in [1.54, 1.807) is 12.1 Å². The van der Waals surface area contributed by atoms with E-state index in [-0.39, 0.29) is 17.9 Å².